The maximum atomic E-state index is 14.6. The molecule has 0 aliphatic carbocycles. The van der Waals surface area contributed by atoms with Crippen molar-refractivity contribution in [3.05, 3.63) is 47.8 Å². The van der Waals surface area contributed by atoms with Gasteiger partial charge in [0.2, 0.25) is 5.95 Å². The van der Waals surface area contributed by atoms with Gasteiger partial charge in [-0.25, -0.2) is 13.8 Å². The number of anilines is 1. The molecule has 1 saturated heterocycles. The van der Waals surface area contributed by atoms with Crippen molar-refractivity contribution in [2.75, 3.05) is 32.0 Å². The van der Waals surface area contributed by atoms with Gasteiger partial charge >= 0.3 is 0 Å². The molecule has 0 saturated carbocycles. The van der Waals surface area contributed by atoms with E-state index in [4.69, 9.17) is 10.5 Å². The zero-order chi connectivity index (χ0) is 17.4. The van der Waals surface area contributed by atoms with Crippen molar-refractivity contribution in [3.8, 4) is 5.69 Å². The molecule has 2 aromatic heterocycles. The summed E-state index contributed by atoms with van der Waals surface area (Å²) in [5, 5.41) is 0.743. The molecule has 0 unspecified atom stereocenters. The molecule has 25 heavy (non-hydrogen) atoms. The van der Waals surface area contributed by atoms with Gasteiger partial charge in [-0.3, -0.25) is 4.90 Å². The highest BCUT2D eigenvalue weighted by molar-refractivity contribution is 5.78. The highest BCUT2D eigenvalue weighted by atomic mass is 19.1. The third-order valence-corrected chi connectivity index (χ3v) is 4.34. The minimum Gasteiger partial charge on any atom is -0.379 e. The van der Waals surface area contributed by atoms with E-state index in [1.165, 1.54) is 12.1 Å². The maximum absolute atomic E-state index is 14.6. The lowest BCUT2D eigenvalue weighted by Gasteiger charge is -2.27. The molecular weight excluding hydrogens is 328 g/mol. The molecule has 1 fully saturated rings. The molecule has 1 aliphatic heterocycles. The van der Waals surface area contributed by atoms with Crippen molar-refractivity contribution >= 4 is 17.0 Å². The van der Waals surface area contributed by atoms with Gasteiger partial charge < -0.3 is 15.0 Å². The van der Waals surface area contributed by atoms with E-state index in [9.17, 15) is 8.78 Å². The molecule has 3 aromatic rings. The fourth-order valence-electron chi connectivity index (χ4n) is 3.00. The third kappa shape index (κ3) is 3.06. The summed E-state index contributed by atoms with van der Waals surface area (Å²) in [6, 6.07) is 4.40. The molecule has 1 aliphatic rings. The molecule has 0 spiro atoms. The fourth-order valence-corrected chi connectivity index (χ4v) is 3.00. The standard InChI is InChI=1S/C17H17F2N5O/c18-14-7-12(24-2-1-11-9-21-17(20)22-16(11)24)8-15(19)13(14)10-23-3-5-25-6-4-23/h1-2,7-9H,3-6,10H2,(H2,20,21,22). The van der Waals surface area contributed by atoms with Gasteiger partial charge in [-0.2, -0.15) is 4.98 Å². The molecule has 3 heterocycles. The van der Waals surface area contributed by atoms with Crippen molar-refractivity contribution in [2.24, 2.45) is 0 Å². The predicted molar refractivity (Wildman–Crippen MR) is 89.3 cm³/mol. The molecule has 2 N–H and O–H groups in total. The van der Waals surface area contributed by atoms with Crippen LogP contribution in [0.25, 0.3) is 16.7 Å². The van der Waals surface area contributed by atoms with Crippen LogP contribution in [0.4, 0.5) is 14.7 Å². The van der Waals surface area contributed by atoms with Crippen molar-refractivity contribution in [3.63, 3.8) is 0 Å². The summed E-state index contributed by atoms with van der Waals surface area (Å²) < 4.78 is 36.0. The molecule has 0 amide bonds. The summed E-state index contributed by atoms with van der Waals surface area (Å²) in [5.41, 5.74) is 6.55. The van der Waals surface area contributed by atoms with Crippen molar-refractivity contribution in [1.29, 1.82) is 0 Å². The number of nitrogen functional groups attached to an aromatic ring is 1. The molecule has 0 radical (unpaired) electrons. The maximum Gasteiger partial charge on any atom is 0.221 e. The van der Waals surface area contributed by atoms with E-state index < -0.39 is 11.6 Å². The van der Waals surface area contributed by atoms with Crippen LogP contribution in [0, 0.1) is 11.6 Å². The Hall–Kier alpha value is -2.58. The van der Waals surface area contributed by atoms with Crippen molar-refractivity contribution in [1.82, 2.24) is 19.4 Å². The Labute approximate surface area is 142 Å². The Morgan fingerprint density at radius 2 is 1.88 bits per heavy atom. The van der Waals surface area contributed by atoms with E-state index in [0.717, 1.165) is 5.39 Å². The van der Waals surface area contributed by atoms with Crippen molar-refractivity contribution < 1.29 is 13.5 Å². The minimum atomic E-state index is -0.578. The molecule has 130 valence electrons. The lowest BCUT2D eigenvalue weighted by Crippen LogP contribution is -2.36. The van der Waals surface area contributed by atoms with Crippen LogP contribution in [-0.2, 0) is 11.3 Å². The SMILES string of the molecule is Nc1ncc2ccn(-c3cc(F)c(CN4CCOCC4)c(F)c3)c2n1. The van der Waals surface area contributed by atoms with Gasteiger partial charge in [-0.05, 0) is 18.2 Å². The minimum absolute atomic E-state index is 0.0660. The monoisotopic (exact) mass is 345 g/mol. The van der Waals surface area contributed by atoms with Crippen LogP contribution in [0.1, 0.15) is 5.56 Å². The van der Waals surface area contributed by atoms with Crippen LogP contribution in [0.2, 0.25) is 0 Å². The summed E-state index contributed by atoms with van der Waals surface area (Å²) in [6.45, 7) is 2.72. The van der Waals surface area contributed by atoms with Gasteiger partial charge in [0.05, 0.1) is 18.9 Å². The first-order valence-corrected chi connectivity index (χ1v) is 8.00. The second-order valence-electron chi connectivity index (χ2n) is 5.97. The van der Waals surface area contributed by atoms with Gasteiger partial charge in [-0.1, -0.05) is 0 Å². The molecular formula is C17H17F2N5O. The fraction of sp³-hybridized carbons (Fsp3) is 0.294. The lowest BCUT2D eigenvalue weighted by molar-refractivity contribution is 0.0332. The van der Waals surface area contributed by atoms with Crippen LogP contribution >= 0.6 is 0 Å². The second-order valence-corrected chi connectivity index (χ2v) is 5.97. The topological polar surface area (TPSA) is 69.2 Å². The molecule has 0 bridgehead atoms. The highest BCUT2D eigenvalue weighted by Gasteiger charge is 2.18. The zero-order valence-electron chi connectivity index (χ0n) is 13.5. The molecule has 1 aromatic carbocycles. The highest BCUT2D eigenvalue weighted by Crippen LogP contribution is 2.24. The van der Waals surface area contributed by atoms with Crippen LogP contribution in [0.5, 0.6) is 0 Å². The number of rotatable bonds is 3. The van der Waals surface area contributed by atoms with E-state index in [2.05, 4.69) is 9.97 Å². The Morgan fingerprint density at radius 1 is 1.16 bits per heavy atom. The van der Waals surface area contributed by atoms with Crippen LogP contribution in [-0.4, -0.2) is 45.7 Å². The first-order valence-electron chi connectivity index (χ1n) is 8.00. The number of aromatic nitrogens is 3. The van der Waals surface area contributed by atoms with E-state index in [1.807, 2.05) is 4.90 Å². The summed E-state index contributed by atoms with van der Waals surface area (Å²) in [4.78, 5) is 10.0. The summed E-state index contributed by atoms with van der Waals surface area (Å²) in [7, 11) is 0. The number of nitrogens with zero attached hydrogens (tertiary/aromatic N) is 4. The lowest BCUT2D eigenvalue weighted by atomic mass is 10.1. The largest absolute Gasteiger partial charge is 0.379 e. The van der Waals surface area contributed by atoms with Gasteiger partial charge in [-0.15, -0.1) is 0 Å². The number of fused-ring (bicyclic) bond motifs is 1. The van der Waals surface area contributed by atoms with Gasteiger partial charge in [0, 0.05) is 43.0 Å². The van der Waals surface area contributed by atoms with E-state index in [-0.39, 0.29) is 18.1 Å². The molecule has 8 heteroatoms. The van der Waals surface area contributed by atoms with Crippen molar-refractivity contribution in [2.45, 2.75) is 6.54 Å². The van der Waals surface area contributed by atoms with Crippen LogP contribution in [0.15, 0.2) is 30.6 Å². The Morgan fingerprint density at radius 3 is 2.60 bits per heavy atom. The molecule has 6 nitrogen and oxygen atoms in total. The quantitative estimate of drug-likeness (QED) is 0.787. The molecule has 4 rings (SSSR count). The first kappa shape index (κ1) is 15.9. The van der Waals surface area contributed by atoms with Gasteiger partial charge in [0.15, 0.2) is 0 Å². The molecule has 0 atom stereocenters. The van der Waals surface area contributed by atoms with E-state index in [0.29, 0.717) is 37.6 Å². The average Bonchev–Trinajstić information content (AvgIpc) is 3.02. The smallest absolute Gasteiger partial charge is 0.221 e. The van der Waals surface area contributed by atoms with Gasteiger partial charge in [0.1, 0.15) is 17.3 Å². The second kappa shape index (κ2) is 6.38. The van der Waals surface area contributed by atoms with Crippen LogP contribution in [0.3, 0.4) is 0 Å². The number of halogens is 2. The van der Waals surface area contributed by atoms with Gasteiger partial charge in [0.25, 0.3) is 0 Å². The van der Waals surface area contributed by atoms with Crippen LogP contribution < -0.4 is 5.73 Å². The van der Waals surface area contributed by atoms with E-state index in [1.54, 1.807) is 23.0 Å². The Bertz CT molecular complexity index is 898. The predicted octanol–water partition coefficient (Wildman–Crippen LogP) is 2.11. The number of hydrogen-bond donors (Lipinski definition) is 1. The number of nitrogens with two attached hydrogens (primary N) is 1. The summed E-state index contributed by atoms with van der Waals surface area (Å²) in [5.74, 6) is -1.05. The summed E-state index contributed by atoms with van der Waals surface area (Å²) in [6.07, 6.45) is 3.27. The average molecular weight is 345 g/mol. The third-order valence-electron chi connectivity index (χ3n) is 4.34. The Kier molecular flexibility index (Phi) is 4.06. The number of benzene rings is 1. The number of ether oxygens (including phenoxy) is 1. The van der Waals surface area contributed by atoms with E-state index >= 15 is 0 Å². The zero-order valence-corrected chi connectivity index (χ0v) is 13.5. The summed E-state index contributed by atoms with van der Waals surface area (Å²) >= 11 is 0. The normalized spacial score (nSPS) is 15.8. The first-order chi connectivity index (χ1) is 12.1. The number of hydrogen-bond acceptors (Lipinski definition) is 5. The Balaban J connectivity index is 1.70. The number of morpholine rings is 1.